The van der Waals surface area contributed by atoms with Crippen LogP contribution in [0.5, 0.6) is 0 Å². The van der Waals surface area contributed by atoms with Crippen molar-refractivity contribution in [2.24, 2.45) is 0 Å². The summed E-state index contributed by atoms with van der Waals surface area (Å²) >= 11 is 3.19. The number of alkyl carbamates (subject to hydrolysis) is 1. The number of hydrogen-bond acceptors (Lipinski definition) is 3. The lowest BCUT2D eigenvalue weighted by Gasteiger charge is -2.31. The van der Waals surface area contributed by atoms with Crippen molar-refractivity contribution in [1.29, 1.82) is 0 Å². The first kappa shape index (κ1) is 18.0. The first-order chi connectivity index (χ1) is 10.7. The Morgan fingerprint density at radius 1 is 1.30 bits per heavy atom. The zero-order valence-electron chi connectivity index (χ0n) is 13.8. The largest absolute Gasteiger partial charge is 0.444 e. The Bertz CT molecular complexity index is 560. The molecule has 4 nitrogen and oxygen atoms in total. The van der Waals surface area contributed by atoms with Crippen LogP contribution in [0.25, 0.3) is 0 Å². The van der Waals surface area contributed by atoms with Crippen LogP contribution < -0.4 is 10.6 Å². The quantitative estimate of drug-likeness (QED) is 0.781. The molecule has 1 aromatic rings. The topological polar surface area (TPSA) is 50.4 Å². The van der Waals surface area contributed by atoms with E-state index in [1.165, 1.54) is 6.07 Å². The molecule has 1 aliphatic carbocycles. The summed E-state index contributed by atoms with van der Waals surface area (Å²) in [6.45, 7) is 5.55. The average molecular weight is 387 g/mol. The van der Waals surface area contributed by atoms with Gasteiger partial charge in [-0.3, -0.25) is 0 Å². The smallest absolute Gasteiger partial charge is 0.407 e. The Balaban J connectivity index is 1.88. The molecule has 1 aliphatic rings. The van der Waals surface area contributed by atoms with Crippen molar-refractivity contribution in [2.45, 2.75) is 64.1 Å². The highest BCUT2D eigenvalue weighted by molar-refractivity contribution is 9.10. The van der Waals surface area contributed by atoms with Gasteiger partial charge in [0.25, 0.3) is 0 Å². The van der Waals surface area contributed by atoms with Crippen molar-refractivity contribution < 1.29 is 13.9 Å². The van der Waals surface area contributed by atoms with Gasteiger partial charge in [-0.1, -0.05) is 0 Å². The van der Waals surface area contributed by atoms with E-state index in [9.17, 15) is 9.18 Å². The van der Waals surface area contributed by atoms with Crippen molar-refractivity contribution in [1.82, 2.24) is 5.32 Å². The van der Waals surface area contributed by atoms with Crippen LogP contribution >= 0.6 is 15.9 Å². The molecule has 23 heavy (non-hydrogen) atoms. The van der Waals surface area contributed by atoms with Gasteiger partial charge in [-0.2, -0.15) is 0 Å². The number of rotatable bonds is 3. The van der Waals surface area contributed by atoms with Gasteiger partial charge in [0.1, 0.15) is 11.4 Å². The van der Waals surface area contributed by atoms with Gasteiger partial charge in [-0.25, -0.2) is 9.18 Å². The summed E-state index contributed by atoms with van der Waals surface area (Å²) in [7, 11) is 0. The van der Waals surface area contributed by atoms with Gasteiger partial charge in [-0.05, 0) is 80.6 Å². The molecule has 0 radical (unpaired) electrons. The second-order valence-corrected chi connectivity index (χ2v) is 7.83. The van der Waals surface area contributed by atoms with Gasteiger partial charge in [0.2, 0.25) is 0 Å². The maximum Gasteiger partial charge on any atom is 0.407 e. The molecular formula is C17H24BrFN2O2. The highest BCUT2D eigenvalue weighted by atomic mass is 79.9. The summed E-state index contributed by atoms with van der Waals surface area (Å²) in [6, 6.07) is 5.25. The fourth-order valence-electron chi connectivity index (χ4n) is 2.75. The van der Waals surface area contributed by atoms with E-state index in [2.05, 4.69) is 26.6 Å². The summed E-state index contributed by atoms with van der Waals surface area (Å²) in [5.41, 5.74) is 0.387. The van der Waals surface area contributed by atoms with Crippen LogP contribution in [0.1, 0.15) is 46.5 Å². The fraction of sp³-hybridized carbons (Fsp3) is 0.588. The number of halogens is 2. The second kappa shape index (κ2) is 7.51. The molecule has 1 saturated carbocycles. The van der Waals surface area contributed by atoms with Gasteiger partial charge < -0.3 is 15.4 Å². The zero-order chi connectivity index (χ0) is 17.0. The van der Waals surface area contributed by atoms with Crippen LogP contribution in [0.15, 0.2) is 22.7 Å². The predicted molar refractivity (Wildman–Crippen MR) is 93.1 cm³/mol. The molecule has 1 amide bonds. The third-order valence-corrected chi connectivity index (χ3v) is 4.29. The lowest BCUT2D eigenvalue weighted by molar-refractivity contribution is 0.0492. The Morgan fingerprint density at radius 3 is 2.65 bits per heavy atom. The molecule has 1 fully saturated rings. The number of nitrogens with one attached hydrogen (secondary N) is 2. The summed E-state index contributed by atoms with van der Waals surface area (Å²) in [6.07, 6.45) is 3.47. The highest BCUT2D eigenvalue weighted by Crippen LogP contribution is 2.25. The number of hydrogen-bond donors (Lipinski definition) is 2. The molecule has 0 spiro atoms. The van der Waals surface area contributed by atoms with Crippen LogP contribution in [0.2, 0.25) is 0 Å². The third kappa shape index (κ3) is 6.01. The third-order valence-electron chi connectivity index (χ3n) is 3.69. The Hall–Kier alpha value is -1.30. The van der Waals surface area contributed by atoms with Crippen LogP contribution in [0.3, 0.4) is 0 Å². The van der Waals surface area contributed by atoms with Crippen LogP contribution in [0.4, 0.5) is 14.9 Å². The van der Waals surface area contributed by atoms with E-state index in [0.29, 0.717) is 4.47 Å². The van der Waals surface area contributed by atoms with E-state index in [1.54, 1.807) is 12.1 Å². The van der Waals surface area contributed by atoms with Crippen molar-refractivity contribution >= 4 is 27.7 Å². The van der Waals surface area contributed by atoms with Crippen molar-refractivity contribution in [3.8, 4) is 0 Å². The summed E-state index contributed by atoms with van der Waals surface area (Å²) < 4.78 is 19.0. The predicted octanol–water partition coefficient (Wildman–Crippen LogP) is 4.84. The van der Waals surface area contributed by atoms with Crippen molar-refractivity contribution in [2.75, 3.05) is 5.32 Å². The maximum absolute atomic E-state index is 13.3. The standard InChI is InChI=1S/C17H24BrFN2O2/c1-17(2,3)23-16(22)21-12-6-4-5-11(9-12)20-13-7-8-15(19)14(18)10-13/h7-8,10-12,20H,4-6,9H2,1-3H3,(H,21,22). The summed E-state index contributed by atoms with van der Waals surface area (Å²) in [5.74, 6) is -0.274. The number of carbonyl (C=O) groups excluding carboxylic acids is 1. The Labute approximate surface area is 145 Å². The number of carbonyl (C=O) groups is 1. The van der Waals surface area contributed by atoms with Crippen molar-refractivity contribution in [3.63, 3.8) is 0 Å². The lowest BCUT2D eigenvalue weighted by Crippen LogP contribution is -2.43. The molecule has 0 aliphatic heterocycles. The molecule has 6 heteroatoms. The average Bonchev–Trinajstić information content (AvgIpc) is 2.41. The van der Waals surface area contributed by atoms with Gasteiger partial charge in [0.05, 0.1) is 4.47 Å². The van der Waals surface area contributed by atoms with Gasteiger partial charge in [-0.15, -0.1) is 0 Å². The summed E-state index contributed by atoms with van der Waals surface area (Å²) in [5, 5.41) is 6.35. The molecule has 2 rings (SSSR count). The molecular weight excluding hydrogens is 363 g/mol. The summed E-state index contributed by atoms with van der Waals surface area (Å²) in [4.78, 5) is 11.9. The molecule has 2 unspecified atom stereocenters. The van der Waals surface area contributed by atoms with E-state index in [4.69, 9.17) is 4.74 Å². The van der Waals surface area contributed by atoms with E-state index in [1.807, 2.05) is 20.8 Å². The minimum absolute atomic E-state index is 0.0972. The highest BCUT2D eigenvalue weighted by Gasteiger charge is 2.25. The van der Waals surface area contributed by atoms with E-state index >= 15 is 0 Å². The molecule has 2 atom stereocenters. The molecule has 0 saturated heterocycles. The van der Waals surface area contributed by atoms with Crippen molar-refractivity contribution in [3.05, 3.63) is 28.5 Å². The fourth-order valence-corrected chi connectivity index (χ4v) is 3.13. The normalized spacial score (nSPS) is 21.6. The SMILES string of the molecule is CC(C)(C)OC(=O)NC1CCCC(Nc2ccc(F)c(Br)c2)C1. The first-order valence-corrected chi connectivity index (χ1v) is 8.73. The second-order valence-electron chi connectivity index (χ2n) is 6.98. The van der Waals surface area contributed by atoms with E-state index < -0.39 is 5.60 Å². The van der Waals surface area contributed by atoms with Crippen LogP contribution in [0, 0.1) is 5.82 Å². The zero-order valence-corrected chi connectivity index (χ0v) is 15.4. The minimum Gasteiger partial charge on any atom is -0.444 e. The van der Waals surface area contributed by atoms with E-state index in [0.717, 1.165) is 31.4 Å². The molecule has 0 bridgehead atoms. The van der Waals surface area contributed by atoms with E-state index in [-0.39, 0.29) is 24.0 Å². The maximum atomic E-state index is 13.3. The minimum atomic E-state index is -0.489. The molecule has 2 N–H and O–H groups in total. The number of anilines is 1. The lowest BCUT2D eigenvalue weighted by atomic mass is 9.91. The molecule has 1 aromatic carbocycles. The van der Waals surface area contributed by atoms with Crippen LogP contribution in [-0.2, 0) is 4.74 Å². The van der Waals surface area contributed by atoms with Gasteiger partial charge >= 0.3 is 6.09 Å². The number of benzene rings is 1. The Kier molecular flexibility index (Phi) is 5.89. The first-order valence-electron chi connectivity index (χ1n) is 7.94. The van der Waals surface area contributed by atoms with Gasteiger partial charge in [0, 0.05) is 17.8 Å². The van der Waals surface area contributed by atoms with Gasteiger partial charge in [0.15, 0.2) is 0 Å². The molecule has 0 heterocycles. The molecule has 0 aromatic heterocycles. The Morgan fingerprint density at radius 2 is 2.00 bits per heavy atom. The number of ether oxygens (including phenoxy) is 1. The monoisotopic (exact) mass is 386 g/mol. The van der Waals surface area contributed by atoms with Crippen LogP contribution in [-0.4, -0.2) is 23.8 Å². The number of amides is 1. The molecule has 128 valence electrons.